The molecule has 0 aliphatic heterocycles. The second-order valence-electron chi connectivity index (χ2n) is 4.79. The van der Waals surface area contributed by atoms with Gasteiger partial charge in [-0.1, -0.05) is 19.0 Å². The molecule has 0 spiro atoms. The summed E-state index contributed by atoms with van der Waals surface area (Å²) in [5.41, 5.74) is 1.85. The van der Waals surface area contributed by atoms with Gasteiger partial charge < -0.3 is 14.9 Å². The lowest BCUT2D eigenvalue weighted by Crippen LogP contribution is -2.29. The highest BCUT2D eigenvalue weighted by Crippen LogP contribution is 2.27. The van der Waals surface area contributed by atoms with E-state index in [1.54, 1.807) is 13.0 Å². The molecule has 0 saturated carbocycles. The van der Waals surface area contributed by atoms with Gasteiger partial charge in [-0.25, -0.2) is 4.98 Å². The number of amides is 1. The van der Waals surface area contributed by atoms with E-state index in [0.717, 1.165) is 0 Å². The first-order valence-electron chi connectivity index (χ1n) is 6.17. The van der Waals surface area contributed by atoms with E-state index in [2.05, 4.69) is 15.5 Å². The van der Waals surface area contributed by atoms with Crippen LogP contribution in [0.3, 0.4) is 0 Å². The quantitative estimate of drug-likeness (QED) is 0.876. The molecule has 2 aromatic heterocycles. The van der Waals surface area contributed by atoms with Crippen molar-refractivity contribution in [3.05, 3.63) is 23.0 Å². The van der Waals surface area contributed by atoms with Crippen LogP contribution in [-0.2, 0) is 4.79 Å². The van der Waals surface area contributed by atoms with Crippen molar-refractivity contribution in [1.29, 1.82) is 0 Å². The Bertz CT molecular complexity index is 676. The van der Waals surface area contributed by atoms with Gasteiger partial charge in [0.05, 0.1) is 16.6 Å². The molecule has 0 radical (unpaired) electrons. The van der Waals surface area contributed by atoms with Gasteiger partial charge in [0.2, 0.25) is 0 Å². The average molecular weight is 277 g/mol. The van der Waals surface area contributed by atoms with Crippen molar-refractivity contribution in [2.45, 2.75) is 26.7 Å². The zero-order chi connectivity index (χ0) is 14.9. The Morgan fingerprint density at radius 3 is 2.75 bits per heavy atom. The number of hydrogen-bond acceptors (Lipinski definition) is 5. The number of aromatic nitrogens is 2. The number of hydrogen-bond donors (Lipinski definition) is 2. The van der Waals surface area contributed by atoms with E-state index in [9.17, 15) is 9.59 Å². The first kappa shape index (κ1) is 14.0. The van der Waals surface area contributed by atoms with Gasteiger partial charge in [0, 0.05) is 5.69 Å². The minimum Gasteiger partial charge on any atom is -0.480 e. The van der Waals surface area contributed by atoms with Crippen LogP contribution < -0.4 is 5.32 Å². The lowest BCUT2D eigenvalue weighted by Gasteiger charge is -2.06. The van der Waals surface area contributed by atoms with Crippen molar-refractivity contribution >= 4 is 23.0 Å². The summed E-state index contributed by atoms with van der Waals surface area (Å²) in [6.07, 6.45) is 0. The molecule has 2 aromatic rings. The van der Waals surface area contributed by atoms with Crippen LogP contribution in [0.4, 0.5) is 0 Å². The number of aryl methyl sites for hydroxylation is 1. The maximum Gasteiger partial charge on any atom is 0.322 e. The SMILES string of the molecule is Cc1cc(C(=O)NCC(=O)O)c2c(C(C)C)noc2n1. The highest BCUT2D eigenvalue weighted by Gasteiger charge is 2.21. The zero-order valence-corrected chi connectivity index (χ0v) is 11.4. The van der Waals surface area contributed by atoms with Gasteiger partial charge in [-0.3, -0.25) is 9.59 Å². The zero-order valence-electron chi connectivity index (χ0n) is 11.4. The fourth-order valence-corrected chi connectivity index (χ4v) is 1.92. The summed E-state index contributed by atoms with van der Waals surface area (Å²) in [6.45, 7) is 5.14. The number of nitrogens with zero attached hydrogens (tertiary/aromatic N) is 2. The number of aliphatic carboxylic acids is 1. The molecule has 2 N–H and O–H groups in total. The van der Waals surface area contributed by atoms with Crippen LogP contribution in [0.5, 0.6) is 0 Å². The summed E-state index contributed by atoms with van der Waals surface area (Å²) in [5, 5.41) is 15.4. The van der Waals surface area contributed by atoms with Crippen LogP contribution in [0.25, 0.3) is 11.1 Å². The van der Waals surface area contributed by atoms with E-state index < -0.39 is 18.4 Å². The maximum atomic E-state index is 12.1. The van der Waals surface area contributed by atoms with E-state index in [1.165, 1.54) is 0 Å². The van der Waals surface area contributed by atoms with Crippen LogP contribution >= 0.6 is 0 Å². The molecule has 2 rings (SSSR count). The topological polar surface area (TPSA) is 105 Å². The number of rotatable bonds is 4. The number of fused-ring (bicyclic) bond motifs is 1. The monoisotopic (exact) mass is 277 g/mol. The Morgan fingerprint density at radius 2 is 2.15 bits per heavy atom. The van der Waals surface area contributed by atoms with Crippen LogP contribution in [0.1, 0.15) is 41.5 Å². The smallest absolute Gasteiger partial charge is 0.322 e. The predicted molar refractivity (Wildman–Crippen MR) is 70.6 cm³/mol. The molecule has 1 amide bonds. The molecule has 0 aliphatic rings. The van der Waals surface area contributed by atoms with E-state index in [1.807, 2.05) is 13.8 Å². The first-order valence-corrected chi connectivity index (χ1v) is 6.17. The fraction of sp³-hybridized carbons (Fsp3) is 0.385. The van der Waals surface area contributed by atoms with Gasteiger partial charge in [-0.05, 0) is 18.9 Å². The third kappa shape index (κ3) is 2.61. The highest BCUT2D eigenvalue weighted by atomic mass is 16.5. The molecular weight excluding hydrogens is 262 g/mol. The summed E-state index contributed by atoms with van der Waals surface area (Å²) in [5.74, 6) is -1.52. The van der Waals surface area contributed by atoms with Crippen molar-refractivity contribution in [1.82, 2.24) is 15.5 Å². The molecule has 0 saturated heterocycles. The summed E-state index contributed by atoms with van der Waals surface area (Å²) in [7, 11) is 0. The molecule has 0 bridgehead atoms. The van der Waals surface area contributed by atoms with Gasteiger partial charge in [-0.2, -0.15) is 0 Å². The molecule has 106 valence electrons. The van der Waals surface area contributed by atoms with E-state index in [0.29, 0.717) is 22.3 Å². The predicted octanol–water partition coefficient (Wildman–Crippen LogP) is 1.47. The van der Waals surface area contributed by atoms with E-state index >= 15 is 0 Å². The highest BCUT2D eigenvalue weighted by molar-refractivity contribution is 6.06. The molecule has 2 heterocycles. The average Bonchev–Trinajstić information content (AvgIpc) is 2.78. The number of nitrogens with one attached hydrogen (secondary N) is 1. The lowest BCUT2D eigenvalue weighted by atomic mass is 10.0. The van der Waals surface area contributed by atoms with Crippen LogP contribution in [0, 0.1) is 6.92 Å². The Labute approximate surface area is 115 Å². The minimum atomic E-state index is -1.10. The third-order valence-corrected chi connectivity index (χ3v) is 2.79. The van der Waals surface area contributed by atoms with Crippen molar-refractivity contribution < 1.29 is 19.2 Å². The lowest BCUT2D eigenvalue weighted by molar-refractivity contribution is -0.135. The van der Waals surface area contributed by atoms with Crippen molar-refractivity contribution in [3.63, 3.8) is 0 Å². The number of carbonyl (C=O) groups excluding carboxylic acids is 1. The second kappa shape index (κ2) is 5.28. The van der Waals surface area contributed by atoms with Crippen LogP contribution in [0.2, 0.25) is 0 Å². The Kier molecular flexibility index (Phi) is 3.69. The molecule has 7 heteroatoms. The van der Waals surface area contributed by atoms with E-state index in [4.69, 9.17) is 9.63 Å². The molecule has 7 nitrogen and oxygen atoms in total. The van der Waals surface area contributed by atoms with Crippen molar-refractivity contribution in [2.75, 3.05) is 6.54 Å². The summed E-state index contributed by atoms with van der Waals surface area (Å²) in [6, 6.07) is 1.60. The first-order chi connectivity index (χ1) is 9.40. The second-order valence-corrected chi connectivity index (χ2v) is 4.79. The van der Waals surface area contributed by atoms with Crippen LogP contribution in [-0.4, -0.2) is 33.7 Å². The molecular formula is C13H15N3O4. The van der Waals surface area contributed by atoms with Gasteiger partial charge in [-0.15, -0.1) is 0 Å². The van der Waals surface area contributed by atoms with E-state index in [-0.39, 0.29) is 11.6 Å². The molecule has 0 unspecified atom stereocenters. The summed E-state index contributed by atoms with van der Waals surface area (Å²) >= 11 is 0. The molecule has 0 aromatic carbocycles. The standard InChI is InChI=1S/C13H15N3O4/c1-6(2)11-10-8(12(19)14-5-9(17)18)4-7(3)15-13(10)20-16-11/h4,6H,5H2,1-3H3,(H,14,19)(H,17,18). The molecule has 0 atom stereocenters. The largest absolute Gasteiger partial charge is 0.480 e. The number of carboxylic acid groups (broad SMARTS) is 1. The third-order valence-electron chi connectivity index (χ3n) is 2.79. The van der Waals surface area contributed by atoms with Gasteiger partial charge in [0.15, 0.2) is 0 Å². The van der Waals surface area contributed by atoms with Gasteiger partial charge in [0.1, 0.15) is 6.54 Å². The molecule has 0 fully saturated rings. The van der Waals surface area contributed by atoms with Crippen LogP contribution in [0.15, 0.2) is 10.6 Å². The fourth-order valence-electron chi connectivity index (χ4n) is 1.92. The Hall–Kier alpha value is -2.44. The van der Waals surface area contributed by atoms with Gasteiger partial charge in [0.25, 0.3) is 11.6 Å². The normalized spacial score (nSPS) is 11.0. The maximum absolute atomic E-state index is 12.1. The Balaban J connectivity index is 2.52. The molecule has 20 heavy (non-hydrogen) atoms. The summed E-state index contributed by atoms with van der Waals surface area (Å²) < 4.78 is 5.15. The number of carboxylic acids is 1. The van der Waals surface area contributed by atoms with Crippen molar-refractivity contribution in [2.24, 2.45) is 0 Å². The molecule has 0 aliphatic carbocycles. The number of pyridine rings is 1. The summed E-state index contributed by atoms with van der Waals surface area (Å²) in [4.78, 5) is 26.8. The van der Waals surface area contributed by atoms with Crippen molar-refractivity contribution in [3.8, 4) is 0 Å². The number of carbonyl (C=O) groups is 2. The Morgan fingerprint density at radius 1 is 1.45 bits per heavy atom. The van der Waals surface area contributed by atoms with Gasteiger partial charge >= 0.3 is 5.97 Å². The minimum absolute atomic E-state index is 0.0618.